The lowest BCUT2D eigenvalue weighted by Crippen LogP contribution is -2.38. The zero-order chi connectivity index (χ0) is 14.1. The Balaban J connectivity index is 1.85. The van der Waals surface area contributed by atoms with Crippen LogP contribution in [0, 0.1) is 0 Å². The molecule has 1 aromatic carbocycles. The summed E-state index contributed by atoms with van der Waals surface area (Å²) < 4.78 is 0. The number of hydrogen-bond acceptors (Lipinski definition) is 3. The summed E-state index contributed by atoms with van der Waals surface area (Å²) in [7, 11) is 0. The standard InChI is InChI=1S/C16H19NO3/c18-10-14-8-15(19)9-17(14)16(20)13-6-5-11-3-1-2-4-12(11)7-13/h1,3,5-7,14-15,18-19H,2,4,8-10H2/t14-,15-/m0/s1. The molecule has 0 unspecified atom stereocenters. The zero-order valence-corrected chi connectivity index (χ0v) is 11.3. The van der Waals surface area contributed by atoms with Gasteiger partial charge in [0.05, 0.1) is 18.8 Å². The number of β-amino-alcohol motifs (C(OH)–C–C–N with tert-alkyl or cyclic N) is 1. The van der Waals surface area contributed by atoms with Crippen molar-refractivity contribution in [2.75, 3.05) is 13.2 Å². The Morgan fingerprint density at radius 2 is 2.25 bits per heavy atom. The molecular formula is C16H19NO3. The van der Waals surface area contributed by atoms with Crippen LogP contribution in [0.5, 0.6) is 0 Å². The van der Waals surface area contributed by atoms with Crippen LogP contribution in [0.1, 0.15) is 34.3 Å². The Kier molecular flexibility index (Phi) is 3.59. The topological polar surface area (TPSA) is 60.8 Å². The van der Waals surface area contributed by atoms with Gasteiger partial charge in [-0.2, -0.15) is 0 Å². The fraction of sp³-hybridized carbons (Fsp3) is 0.438. The molecule has 2 atom stereocenters. The van der Waals surface area contributed by atoms with Gasteiger partial charge in [-0.3, -0.25) is 4.79 Å². The van der Waals surface area contributed by atoms with Gasteiger partial charge in [0.2, 0.25) is 0 Å². The fourth-order valence-electron chi connectivity index (χ4n) is 3.05. The zero-order valence-electron chi connectivity index (χ0n) is 11.3. The second-order valence-electron chi connectivity index (χ2n) is 5.54. The third-order valence-corrected chi connectivity index (χ3v) is 4.13. The number of benzene rings is 1. The number of rotatable bonds is 2. The van der Waals surface area contributed by atoms with Crippen LogP contribution < -0.4 is 0 Å². The first-order valence-electron chi connectivity index (χ1n) is 7.08. The molecule has 4 heteroatoms. The van der Waals surface area contributed by atoms with Gasteiger partial charge in [0.15, 0.2) is 0 Å². The maximum absolute atomic E-state index is 12.5. The summed E-state index contributed by atoms with van der Waals surface area (Å²) >= 11 is 0. The van der Waals surface area contributed by atoms with E-state index in [0.717, 1.165) is 12.8 Å². The summed E-state index contributed by atoms with van der Waals surface area (Å²) in [5.74, 6) is -0.0991. The molecule has 20 heavy (non-hydrogen) atoms. The average molecular weight is 273 g/mol. The molecule has 106 valence electrons. The summed E-state index contributed by atoms with van der Waals surface area (Å²) in [6, 6.07) is 5.48. The predicted octanol–water partition coefficient (Wildman–Crippen LogP) is 1.21. The van der Waals surface area contributed by atoms with E-state index in [4.69, 9.17) is 0 Å². The summed E-state index contributed by atoms with van der Waals surface area (Å²) in [6.45, 7) is 0.206. The third-order valence-electron chi connectivity index (χ3n) is 4.13. The van der Waals surface area contributed by atoms with Gasteiger partial charge in [0, 0.05) is 12.1 Å². The number of fused-ring (bicyclic) bond motifs is 1. The van der Waals surface area contributed by atoms with Crippen LogP contribution >= 0.6 is 0 Å². The Morgan fingerprint density at radius 3 is 3.05 bits per heavy atom. The summed E-state index contributed by atoms with van der Waals surface area (Å²) in [6.07, 6.45) is 6.11. The van der Waals surface area contributed by atoms with Gasteiger partial charge in [-0.15, -0.1) is 0 Å². The van der Waals surface area contributed by atoms with E-state index < -0.39 is 6.10 Å². The fourth-order valence-corrected chi connectivity index (χ4v) is 3.05. The number of aryl methyl sites for hydroxylation is 1. The largest absolute Gasteiger partial charge is 0.394 e. The van der Waals surface area contributed by atoms with Gasteiger partial charge in [0.1, 0.15) is 0 Å². The molecule has 1 aromatic rings. The lowest BCUT2D eigenvalue weighted by molar-refractivity contribution is 0.0665. The van der Waals surface area contributed by atoms with Gasteiger partial charge >= 0.3 is 0 Å². The summed E-state index contributed by atoms with van der Waals surface area (Å²) in [5, 5.41) is 19.0. The molecule has 2 aliphatic rings. The van der Waals surface area contributed by atoms with Crippen LogP contribution in [0.4, 0.5) is 0 Å². The molecule has 1 aliphatic heterocycles. The first-order valence-corrected chi connectivity index (χ1v) is 7.08. The number of aliphatic hydroxyl groups is 2. The first-order chi connectivity index (χ1) is 9.69. The van der Waals surface area contributed by atoms with Crippen molar-refractivity contribution in [3.63, 3.8) is 0 Å². The monoisotopic (exact) mass is 273 g/mol. The van der Waals surface area contributed by atoms with Crippen molar-refractivity contribution in [2.45, 2.75) is 31.4 Å². The van der Waals surface area contributed by atoms with Crippen molar-refractivity contribution >= 4 is 12.0 Å². The normalized spacial score (nSPS) is 24.8. The SMILES string of the molecule is O=C(c1ccc2c(c1)CCC=C2)N1C[C@@H](O)C[C@H]1CO. The van der Waals surface area contributed by atoms with Crippen LogP contribution in [-0.4, -0.2) is 46.3 Å². The van der Waals surface area contributed by atoms with E-state index in [2.05, 4.69) is 12.2 Å². The molecule has 1 heterocycles. The molecule has 1 saturated heterocycles. The molecule has 4 nitrogen and oxygen atoms in total. The van der Waals surface area contributed by atoms with Gasteiger partial charge in [-0.05, 0) is 42.5 Å². The molecule has 0 spiro atoms. The van der Waals surface area contributed by atoms with E-state index in [0.29, 0.717) is 18.5 Å². The van der Waals surface area contributed by atoms with Crippen LogP contribution in [0.2, 0.25) is 0 Å². The Labute approximate surface area is 118 Å². The molecule has 2 N–H and O–H groups in total. The summed E-state index contributed by atoms with van der Waals surface area (Å²) in [4.78, 5) is 14.1. The minimum atomic E-state index is -0.531. The van der Waals surface area contributed by atoms with Crippen molar-refractivity contribution in [3.8, 4) is 0 Å². The highest BCUT2D eigenvalue weighted by atomic mass is 16.3. The number of carbonyl (C=O) groups is 1. The van der Waals surface area contributed by atoms with Crippen LogP contribution in [0.15, 0.2) is 24.3 Å². The smallest absolute Gasteiger partial charge is 0.254 e. The molecule has 1 amide bonds. The molecule has 0 aromatic heterocycles. The molecule has 0 saturated carbocycles. The quantitative estimate of drug-likeness (QED) is 0.851. The Morgan fingerprint density at radius 1 is 1.40 bits per heavy atom. The van der Waals surface area contributed by atoms with Gasteiger partial charge < -0.3 is 15.1 Å². The number of amides is 1. The maximum atomic E-state index is 12.5. The maximum Gasteiger partial charge on any atom is 0.254 e. The van der Waals surface area contributed by atoms with Crippen molar-refractivity contribution in [3.05, 3.63) is 41.0 Å². The van der Waals surface area contributed by atoms with Gasteiger partial charge in [-0.25, -0.2) is 0 Å². The molecule has 0 bridgehead atoms. The minimum Gasteiger partial charge on any atom is -0.394 e. The van der Waals surface area contributed by atoms with Crippen LogP contribution in [-0.2, 0) is 6.42 Å². The van der Waals surface area contributed by atoms with E-state index in [-0.39, 0.29) is 18.6 Å². The summed E-state index contributed by atoms with van der Waals surface area (Å²) in [5.41, 5.74) is 3.01. The van der Waals surface area contributed by atoms with Gasteiger partial charge in [0.25, 0.3) is 5.91 Å². The van der Waals surface area contributed by atoms with E-state index in [1.807, 2.05) is 18.2 Å². The van der Waals surface area contributed by atoms with E-state index >= 15 is 0 Å². The van der Waals surface area contributed by atoms with Crippen molar-refractivity contribution in [1.82, 2.24) is 4.90 Å². The highest BCUT2D eigenvalue weighted by Crippen LogP contribution is 2.24. The third kappa shape index (κ3) is 2.37. The highest BCUT2D eigenvalue weighted by Gasteiger charge is 2.34. The van der Waals surface area contributed by atoms with Gasteiger partial charge in [-0.1, -0.05) is 18.2 Å². The molecule has 1 aliphatic carbocycles. The van der Waals surface area contributed by atoms with Crippen molar-refractivity contribution in [2.24, 2.45) is 0 Å². The number of nitrogens with zero attached hydrogens (tertiary/aromatic N) is 1. The second-order valence-corrected chi connectivity index (χ2v) is 5.54. The van der Waals surface area contributed by atoms with Crippen molar-refractivity contribution < 1.29 is 15.0 Å². The number of hydrogen-bond donors (Lipinski definition) is 2. The molecule has 3 rings (SSSR count). The molecular weight excluding hydrogens is 254 g/mol. The van der Waals surface area contributed by atoms with Crippen LogP contribution in [0.3, 0.4) is 0 Å². The molecule has 0 radical (unpaired) electrons. The average Bonchev–Trinajstić information content (AvgIpc) is 2.87. The lowest BCUT2D eigenvalue weighted by Gasteiger charge is -2.23. The van der Waals surface area contributed by atoms with E-state index in [1.165, 1.54) is 11.1 Å². The minimum absolute atomic E-state index is 0.0991. The lowest BCUT2D eigenvalue weighted by atomic mass is 9.95. The Bertz CT molecular complexity index is 553. The first kappa shape index (κ1) is 13.3. The van der Waals surface area contributed by atoms with E-state index in [1.54, 1.807) is 4.90 Å². The number of allylic oxidation sites excluding steroid dienone is 1. The number of aliphatic hydroxyl groups excluding tert-OH is 2. The predicted molar refractivity (Wildman–Crippen MR) is 76.3 cm³/mol. The van der Waals surface area contributed by atoms with Crippen molar-refractivity contribution in [1.29, 1.82) is 0 Å². The molecule has 1 fully saturated rings. The second kappa shape index (κ2) is 5.38. The van der Waals surface area contributed by atoms with E-state index in [9.17, 15) is 15.0 Å². The highest BCUT2D eigenvalue weighted by molar-refractivity contribution is 5.95. The van der Waals surface area contributed by atoms with Crippen LogP contribution in [0.25, 0.3) is 6.08 Å². The number of likely N-dealkylation sites (tertiary alicyclic amines) is 1. The number of carbonyl (C=O) groups excluding carboxylic acids is 1. The Hall–Kier alpha value is -1.65.